The van der Waals surface area contributed by atoms with Gasteiger partial charge in [-0.3, -0.25) is 0 Å². The average Bonchev–Trinajstić information content (AvgIpc) is 3.69. The molecule has 0 saturated carbocycles. The quantitative estimate of drug-likeness (QED) is 0.176. The topological polar surface area (TPSA) is 21.9 Å². The van der Waals surface area contributed by atoms with E-state index in [1.165, 1.54) is 67.4 Å². The number of pyridine rings is 1. The summed E-state index contributed by atoms with van der Waals surface area (Å²) in [4.78, 5) is 0. The van der Waals surface area contributed by atoms with Crippen molar-refractivity contribution in [3.63, 3.8) is 0 Å². The number of hydrogen-bond donors (Lipinski definition) is 0. The Labute approximate surface area is 289 Å². The van der Waals surface area contributed by atoms with Crippen LogP contribution in [0.1, 0.15) is 119 Å². The second-order valence-electron chi connectivity index (χ2n) is 16.8. The van der Waals surface area contributed by atoms with Crippen LogP contribution in [0.2, 0.25) is 0 Å². The van der Waals surface area contributed by atoms with Crippen molar-refractivity contribution in [2.45, 2.75) is 96.4 Å². The van der Waals surface area contributed by atoms with Gasteiger partial charge in [0.15, 0.2) is 28.9 Å². The molecule has 4 aliphatic rings. The zero-order chi connectivity index (χ0) is 33.8. The van der Waals surface area contributed by atoms with Gasteiger partial charge in [0.05, 0.1) is 16.7 Å². The molecule has 10 rings (SSSR count). The molecule has 2 aromatic heterocycles. The number of fused-ring (bicyclic) bond motifs is 9. The molecule has 6 aromatic rings. The van der Waals surface area contributed by atoms with Crippen molar-refractivity contribution < 1.29 is 13.9 Å². The lowest BCUT2D eigenvalue weighted by atomic mass is 9.60. The number of nitrogens with zero attached hydrogens (tertiary/aromatic N) is 3. The van der Waals surface area contributed by atoms with Gasteiger partial charge in [0.2, 0.25) is 11.2 Å². The van der Waals surface area contributed by atoms with Gasteiger partial charge in [-0.05, 0) is 77.0 Å². The van der Waals surface area contributed by atoms with Crippen LogP contribution in [0.5, 0.6) is 11.5 Å². The van der Waals surface area contributed by atoms with Crippen LogP contribution in [-0.4, -0.2) is 4.57 Å². The summed E-state index contributed by atoms with van der Waals surface area (Å²) in [5.41, 5.74) is 15.2. The van der Waals surface area contributed by atoms with E-state index in [1.54, 1.807) is 0 Å². The Morgan fingerprint density at radius 2 is 1.39 bits per heavy atom. The Balaban J connectivity index is 1.53. The molecule has 0 radical (unpaired) electrons. The van der Waals surface area contributed by atoms with E-state index in [1.807, 2.05) is 0 Å². The normalized spacial score (nSPS) is 19.8. The molecule has 5 heterocycles. The molecule has 244 valence electrons. The van der Waals surface area contributed by atoms with Crippen molar-refractivity contribution >= 4 is 11.0 Å². The summed E-state index contributed by atoms with van der Waals surface area (Å²) in [6, 6.07) is 32.0. The molecule has 0 N–H and O–H groups in total. The van der Waals surface area contributed by atoms with Crippen LogP contribution in [0, 0.1) is 0 Å². The molecular formula is C45H45N3O+2. The van der Waals surface area contributed by atoms with Crippen LogP contribution in [0.4, 0.5) is 0 Å². The molecule has 0 bridgehead atoms. The Kier molecular flexibility index (Phi) is 5.55. The Morgan fingerprint density at radius 1 is 0.694 bits per heavy atom. The maximum atomic E-state index is 7.13. The van der Waals surface area contributed by atoms with Gasteiger partial charge in [-0.25, -0.2) is 0 Å². The van der Waals surface area contributed by atoms with E-state index >= 15 is 0 Å². The molecule has 0 amide bonds. The van der Waals surface area contributed by atoms with E-state index in [9.17, 15) is 0 Å². The number of benzene rings is 4. The highest BCUT2D eigenvalue weighted by Crippen LogP contribution is 2.61. The highest BCUT2D eigenvalue weighted by atomic mass is 16.5. The first-order valence-electron chi connectivity index (χ1n) is 18.2. The molecular weight excluding hydrogens is 599 g/mol. The minimum atomic E-state index is -0.629. The van der Waals surface area contributed by atoms with E-state index < -0.39 is 5.54 Å². The first kappa shape index (κ1) is 29.2. The number of para-hydroxylation sites is 2. The van der Waals surface area contributed by atoms with Gasteiger partial charge in [0.25, 0.3) is 0 Å². The average molecular weight is 644 g/mol. The van der Waals surface area contributed by atoms with E-state index in [0.29, 0.717) is 11.8 Å². The summed E-state index contributed by atoms with van der Waals surface area (Å²) in [5.74, 6) is 3.87. The van der Waals surface area contributed by atoms with Crippen molar-refractivity contribution in [2.24, 2.45) is 0 Å². The van der Waals surface area contributed by atoms with Crippen LogP contribution in [0.3, 0.4) is 0 Å². The molecule has 4 heteroatoms. The fourth-order valence-corrected chi connectivity index (χ4v) is 10.1. The first-order valence-corrected chi connectivity index (χ1v) is 18.2. The second-order valence-corrected chi connectivity index (χ2v) is 16.8. The van der Waals surface area contributed by atoms with Crippen LogP contribution >= 0.6 is 0 Å². The molecule has 1 spiro atoms. The lowest BCUT2D eigenvalue weighted by molar-refractivity contribution is -0.733. The summed E-state index contributed by atoms with van der Waals surface area (Å²) in [6.45, 7) is 19.2. The van der Waals surface area contributed by atoms with Gasteiger partial charge in [0.1, 0.15) is 5.69 Å². The second kappa shape index (κ2) is 9.29. The molecule has 1 aliphatic carbocycles. The van der Waals surface area contributed by atoms with Crippen LogP contribution in [0.25, 0.3) is 33.7 Å². The monoisotopic (exact) mass is 643 g/mol. The van der Waals surface area contributed by atoms with E-state index in [-0.39, 0.29) is 10.8 Å². The Hall–Kier alpha value is -4.70. The molecule has 3 aliphatic heterocycles. The molecule has 49 heavy (non-hydrogen) atoms. The number of imidazole rings is 1. The van der Waals surface area contributed by atoms with Gasteiger partial charge in [-0.2, -0.15) is 13.7 Å². The van der Waals surface area contributed by atoms with E-state index in [0.717, 1.165) is 29.9 Å². The maximum absolute atomic E-state index is 7.13. The van der Waals surface area contributed by atoms with E-state index in [2.05, 4.69) is 160 Å². The summed E-state index contributed by atoms with van der Waals surface area (Å²) < 4.78 is 15.0. The van der Waals surface area contributed by atoms with Crippen molar-refractivity contribution in [1.82, 2.24) is 4.57 Å². The highest BCUT2D eigenvalue weighted by molar-refractivity contribution is 5.88. The predicted molar refractivity (Wildman–Crippen MR) is 196 cm³/mol. The Morgan fingerprint density at radius 3 is 2.14 bits per heavy atom. The standard InChI is InChI=1S/C45H45N3O/c1-26(2)28-16-13-17-29(27(3)4)39(28)47-34-20-14-21-35-40(34)48-41-36(49-35)25-32-37(44(7,8)23-22-43(32,5)6)38(41)45(42(47)48)31-18-10-9-15-30(31)33-19-11-12-24-46(33)45/h9-21,24-27H,22-23H2,1-8H3/q+2. The molecule has 0 saturated heterocycles. The van der Waals surface area contributed by atoms with Crippen LogP contribution in [0.15, 0.2) is 91.1 Å². The lowest BCUT2D eigenvalue weighted by Gasteiger charge is -2.43. The summed E-state index contributed by atoms with van der Waals surface area (Å²) in [7, 11) is 0. The summed E-state index contributed by atoms with van der Waals surface area (Å²) in [6.07, 6.45) is 4.62. The highest BCUT2D eigenvalue weighted by Gasteiger charge is 2.71. The lowest BCUT2D eigenvalue weighted by Crippen LogP contribution is -2.58. The fraction of sp³-hybridized carbons (Fsp3) is 0.333. The van der Waals surface area contributed by atoms with Crippen molar-refractivity contribution in [2.75, 3.05) is 0 Å². The molecule has 4 aromatic carbocycles. The van der Waals surface area contributed by atoms with Crippen molar-refractivity contribution in [3.05, 3.63) is 130 Å². The van der Waals surface area contributed by atoms with Gasteiger partial charge in [-0.15, -0.1) is 0 Å². The number of aromatic nitrogens is 3. The largest absolute Gasteiger partial charge is 0.448 e. The fourth-order valence-electron chi connectivity index (χ4n) is 10.1. The van der Waals surface area contributed by atoms with Crippen molar-refractivity contribution in [3.8, 4) is 34.1 Å². The third-order valence-electron chi connectivity index (χ3n) is 12.4. The first-order chi connectivity index (χ1) is 23.5. The van der Waals surface area contributed by atoms with Gasteiger partial charge in [0, 0.05) is 23.3 Å². The maximum Gasteiger partial charge on any atom is 0.352 e. The smallest absolute Gasteiger partial charge is 0.352 e. The number of hydrogen-bond acceptors (Lipinski definition) is 1. The summed E-state index contributed by atoms with van der Waals surface area (Å²) in [5, 5.41) is 0. The minimum Gasteiger partial charge on any atom is -0.448 e. The minimum absolute atomic E-state index is 0.0117. The van der Waals surface area contributed by atoms with Gasteiger partial charge < -0.3 is 4.74 Å². The summed E-state index contributed by atoms with van der Waals surface area (Å²) >= 11 is 0. The van der Waals surface area contributed by atoms with Crippen molar-refractivity contribution in [1.29, 1.82) is 0 Å². The molecule has 4 nitrogen and oxygen atoms in total. The van der Waals surface area contributed by atoms with Gasteiger partial charge >= 0.3 is 11.4 Å². The molecule has 1 atom stereocenters. The Bertz CT molecular complexity index is 2370. The third kappa shape index (κ3) is 3.36. The SMILES string of the molecule is CC(C)c1cccc(C(C)C)c1-n1c2[n+]3c4c(cccc41)Oc1cc4c(c(c1-3)C21c2ccccc2-c2cccc[n+]21)C(C)(C)CCC4(C)C. The molecule has 0 fully saturated rings. The van der Waals surface area contributed by atoms with Crippen LogP contribution < -0.4 is 13.9 Å². The molecule has 1 unspecified atom stereocenters. The van der Waals surface area contributed by atoms with Crippen LogP contribution in [-0.2, 0) is 16.4 Å². The number of ether oxygens (including phenoxy) is 1. The van der Waals surface area contributed by atoms with E-state index in [4.69, 9.17) is 4.74 Å². The van der Waals surface area contributed by atoms with Gasteiger partial charge in [-0.1, -0.05) is 97.9 Å². The number of rotatable bonds is 3. The third-order valence-corrected chi connectivity index (χ3v) is 12.4. The zero-order valence-corrected chi connectivity index (χ0v) is 30.0. The zero-order valence-electron chi connectivity index (χ0n) is 30.0. The predicted octanol–water partition coefficient (Wildman–Crippen LogP) is 10.0.